The number of carbonyl (C=O) groups is 3. The maximum Gasteiger partial charge on any atom is 0.303 e. The van der Waals surface area contributed by atoms with Gasteiger partial charge in [0.1, 0.15) is 6.04 Å². The predicted molar refractivity (Wildman–Crippen MR) is 60.3 cm³/mol. The maximum atomic E-state index is 11.7. The van der Waals surface area contributed by atoms with Gasteiger partial charge in [-0.15, -0.1) is 0 Å². The molecule has 0 aromatic carbocycles. The Balaban J connectivity index is 2.21. The second-order valence-electron chi connectivity index (χ2n) is 4.35. The molecule has 2 amide bonds. The Hall–Kier alpha value is -1.59. The van der Waals surface area contributed by atoms with Gasteiger partial charge in [0, 0.05) is 18.9 Å². The first kappa shape index (κ1) is 13.5. The predicted octanol–water partition coefficient (Wildman–Crippen LogP) is 0.0246. The summed E-state index contributed by atoms with van der Waals surface area (Å²) in [6, 6.07) is -0.497. The highest BCUT2D eigenvalue weighted by atomic mass is 16.4. The van der Waals surface area contributed by atoms with Crippen molar-refractivity contribution < 1.29 is 19.5 Å². The first-order chi connectivity index (χ1) is 7.99. The monoisotopic (exact) mass is 242 g/mol. The third kappa shape index (κ3) is 4.84. The van der Waals surface area contributed by atoms with Crippen molar-refractivity contribution >= 4 is 17.8 Å². The molecule has 6 heteroatoms. The SMILES string of the molecule is CC(CCCC(=O)O)NC(=O)[C@@H]1CCC(=O)N1. The molecule has 0 bridgehead atoms. The summed E-state index contributed by atoms with van der Waals surface area (Å²) in [5, 5.41) is 13.8. The van der Waals surface area contributed by atoms with Crippen LogP contribution >= 0.6 is 0 Å². The van der Waals surface area contributed by atoms with Crippen LogP contribution in [0.5, 0.6) is 0 Å². The molecule has 1 unspecified atom stereocenters. The second-order valence-corrected chi connectivity index (χ2v) is 4.35. The minimum Gasteiger partial charge on any atom is -0.481 e. The van der Waals surface area contributed by atoms with E-state index in [1.54, 1.807) is 0 Å². The third-order valence-corrected chi connectivity index (χ3v) is 2.73. The maximum absolute atomic E-state index is 11.7. The van der Waals surface area contributed by atoms with Gasteiger partial charge in [-0.05, 0) is 26.2 Å². The average molecular weight is 242 g/mol. The van der Waals surface area contributed by atoms with Crippen LogP contribution in [0.4, 0.5) is 0 Å². The van der Waals surface area contributed by atoms with Crippen molar-refractivity contribution in [1.29, 1.82) is 0 Å². The van der Waals surface area contributed by atoms with E-state index >= 15 is 0 Å². The Kier molecular flexibility index (Phi) is 4.93. The molecule has 96 valence electrons. The van der Waals surface area contributed by atoms with Crippen LogP contribution in [-0.2, 0) is 14.4 Å². The number of aliphatic carboxylic acids is 1. The smallest absolute Gasteiger partial charge is 0.303 e. The quantitative estimate of drug-likeness (QED) is 0.612. The number of carboxylic acid groups (broad SMARTS) is 1. The first-order valence-electron chi connectivity index (χ1n) is 5.80. The van der Waals surface area contributed by atoms with Gasteiger partial charge >= 0.3 is 5.97 Å². The zero-order valence-electron chi connectivity index (χ0n) is 9.86. The van der Waals surface area contributed by atoms with Crippen LogP contribution in [0.3, 0.4) is 0 Å². The number of hydrogen-bond acceptors (Lipinski definition) is 3. The Morgan fingerprint density at radius 2 is 2.29 bits per heavy atom. The summed E-state index contributed by atoms with van der Waals surface area (Å²) in [6.07, 6.45) is 2.20. The van der Waals surface area contributed by atoms with E-state index in [-0.39, 0.29) is 24.3 Å². The van der Waals surface area contributed by atoms with Gasteiger partial charge in [-0.2, -0.15) is 0 Å². The van der Waals surface area contributed by atoms with Gasteiger partial charge in [-0.1, -0.05) is 0 Å². The summed E-state index contributed by atoms with van der Waals surface area (Å²) in [5.41, 5.74) is 0. The topological polar surface area (TPSA) is 95.5 Å². The van der Waals surface area contributed by atoms with Crippen LogP contribution in [0.2, 0.25) is 0 Å². The molecule has 1 fully saturated rings. The summed E-state index contributed by atoms with van der Waals surface area (Å²) in [6.45, 7) is 1.83. The Labute approximate surface area is 99.8 Å². The molecule has 0 radical (unpaired) electrons. The molecular weight excluding hydrogens is 224 g/mol. The van der Waals surface area contributed by atoms with E-state index in [1.807, 2.05) is 6.92 Å². The van der Waals surface area contributed by atoms with E-state index < -0.39 is 12.0 Å². The summed E-state index contributed by atoms with van der Waals surface area (Å²) in [7, 11) is 0. The molecule has 17 heavy (non-hydrogen) atoms. The number of carbonyl (C=O) groups excluding carboxylic acids is 2. The second kappa shape index (κ2) is 6.22. The third-order valence-electron chi connectivity index (χ3n) is 2.73. The fourth-order valence-electron chi connectivity index (χ4n) is 1.79. The van der Waals surface area contributed by atoms with Crippen molar-refractivity contribution in [2.45, 2.75) is 51.1 Å². The van der Waals surface area contributed by atoms with Gasteiger partial charge in [0.2, 0.25) is 11.8 Å². The highest BCUT2D eigenvalue weighted by molar-refractivity contribution is 5.90. The van der Waals surface area contributed by atoms with Gasteiger partial charge in [0.15, 0.2) is 0 Å². The normalized spacial score (nSPS) is 20.8. The molecule has 1 saturated heterocycles. The number of hydrogen-bond donors (Lipinski definition) is 3. The summed E-state index contributed by atoms with van der Waals surface area (Å²) >= 11 is 0. The first-order valence-corrected chi connectivity index (χ1v) is 5.80. The largest absolute Gasteiger partial charge is 0.481 e. The van der Waals surface area contributed by atoms with E-state index in [0.29, 0.717) is 25.7 Å². The standard InChI is InChI=1S/C11H18N2O4/c1-7(3-2-4-10(15)16)12-11(17)8-5-6-9(14)13-8/h7-8H,2-6H2,1H3,(H,12,17)(H,13,14)(H,15,16)/t7?,8-/m0/s1. The lowest BCUT2D eigenvalue weighted by Gasteiger charge is -2.16. The van der Waals surface area contributed by atoms with Gasteiger partial charge in [0.25, 0.3) is 0 Å². The highest BCUT2D eigenvalue weighted by Crippen LogP contribution is 2.07. The Bertz CT molecular complexity index is 317. The fourth-order valence-corrected chi connectivity index (χ4v) is 1.79. The van der Waals surface area contributed by atoms with Crippen LogP contribution in [0.15, 0.2) is 0 Å². The van der Waals surface area contributed by atoms with E-state index in [2.05, 4.69) is 10.6 Å². The molecule has 1 aliphatic heterocycles. The van der Waals surface area contributed by atoms with Gasteiger partial charge in [-0.3, -0.25) is 14.4 Å². The number of amides is 2. The van der Waals surface area contributed by atoms with Crippen molar-refractivity contribution in [2.75, 3.05) is 0 Å². The lowest BCUT2D eigenvalue weighted by atomic mass is 10.1. The van der Waals surface area contributed by atoms with Gasteiger partial charge < -0.3 is 15.7 Å². The van der Waals surface area contributed by atoms with Crippen LogP contribution < -0.4 is 10.6 Å². The van der Waals surface area contributed by atoms with Crippen molar-refractivity contribution in [3.63, 3.8) is 0 Å². The van der Waals surface area contributed by atoms with Crippen molar-refractivity contribution in [3.8, 4) is 0 Å². The average Bonchev–Trinajstić information content (AvgIpc) is 2.64. The van der Waals surface area contributed by atoms with Crippen LogP contribution in [0.25, 0.3) is 0 Å². The number of carboxylic acids is 1. The number of rotatable bonds is 6. The van der Waals surface area contributed by atoms with Gasteiger partial charge in [-0.25, -0.2) is 0 Å². The molecular formula is C11H18N2O4. The van der Waals surface area contributed by atoms with Gasteiger partial charge in [0.05, 0.1) is 0 Å². The van der Waals surface area contributed by atoms with E-state index in [0.717, 1.165) is 0 Å². The van der Waals surface area contributed by atoms with E-state index in [1.165, 1.54) is 0 Å². The number of nitrogens with one attached hydrogen (secondary N) is 2. The molecule has 6 nitrogen and oxygen atoms in total. The Morgan fingerprint density at radius 1 is 1.59 bits per heavy atom. The summed E-state index contributed by atoms with van der Waals surface area (Å²) < 4.78 is 0. The van der Waals surface area contributed by atoms with Crippen molar-refractivity contribution in [2.24, 2.45) is 0 Å². The highest BCUT2D eigenvalue weighted by Gasteiger charge is 2.27. The molecule has 0 aromatic rings. The van der Waals surface area contributed by atoms with E-state index in [9.17, 15) is 14.4 Å². The van der Waals surface area contributed by atoms with Crippen LogP contribution in [0, 0.1) is 0 Å². The molecule has 0 aromatic heterocycles. The lowest BCUT2D eigenvalue weighted by molar-refractivity contribution is -0.137. The van der Waals surface area contributed by atoms with Crippen molar-refractivity contribution in [3.05, 3.63) is 0 Å². The summed E-state index contributed by atoms with van der Waals surface area (Å²) in [5.74, 6) is -1.10. The molecule has 1 heterocycles. The molecule has 1 rings (SSSR count). The molecule has 0 saturated carbocycles. The molecule has 0 spiro atoms. The zero-order valence-corrected chi connectivity index (χ0v) is 9.86. The summed E-state index contributed by atoms with van der Waals surface area (Å²) in [4.78, 5) is 32.9. The Morgan fingerprint density at radius 3 is 2.82 bits per heavy atom. The van der Waals surface area contributed by atoms with Crippen molar-refractivity contribution in [1.82, 2.24) is 10.6 Å². The van der Waals surface area contributed by atoms with Crippen LogP contribution in [-0.4, -0.2) is 35.0 Å². The zero-order chi connectivity index (χ0) is 12.8. The molecule has 0 aliphatic carbocycles. The fraction of sp³-hybridized carbons (Fsp3) is 0.727. The van der Waals surface area contributed by atoms with E-state index in [4.69, 9.17) is 5.11 Å². The minimum atomic E-state index is -0.827. The molecule has 1 aliphatic rings. The molecule has 3 N–H and O–H groups in total. The van der Waals surface area contributed by atoms with Crippen LogP contribution in [0.1, 0.15) is 39.0 Å². The lowest BCUT2D eigenvalue weighted by Crippen LogP contribution is -2.45. The minimum absolute atomic E-state index is 0.0700. The molecule has 2 atom stereocenters.